The van der Waals surface area contributed by atoms with Crippen molar-refractivity contribution in [2.75, 3.05) is 7.05 Å². The molecule has 2 nitrogen and oxygen atoms in total. The van der Waals surface area contributed by atoms with E-state index in [0.717, 1.165) is 12.8 Å². The molecule has 0 unspecified atom stereocenters. The molecule has 0 aromatic carbocycles. The Morgan fingerprint density at radius 1 is 1.23 bits per heavy atom. The summed E-state index contributed by atoms with van der Waals surface area (Å²) in [7, 11) is 2.07. The highest BCUT2D eigenvalue weighted by molar-refractivity contribution is 5.34. The van der Waals surface area contributed by atoms with Crippen LogP contribution in [0.25, 0.3) is 0 Å². The van der Waals surface area contributed by atoms with Crippen molar-refractivity contribution in [1.82, 2.24) is 10.2 Å². The van der Waals surface area contributed by atoms with Crippen molar-refractivity contribution in [1.29, 1.82) is 0 Å². The number of likely N-dealkylation sites (N-methyl/N-ethyl adjacent to an activating group) is 1. The maximum absolute atomic E-state index is 3.26. The van der Waals surface area contributed by atoms with Gasteiger partial charge < -0.3 is 10.2 Å². The monoisotopic (exact) mass is 174 g/mol. The zero-order chi connectivity index (χ0) is 9.10. The van der Waals surface area contributed by atoms with Crippen LogP contribution in [0.2, 0.25) is 0 Å². The van der Waals surface area contributed by atoms with Crippen molar-refractivity contribution in [3.63, 3.8) is 0 Å². The first kappa shape index (κ1) is 8.17. The quantitative estimate of drug-likeness (QED) is 0.655. The van der Waals surface area contributed by atoms with Crippen molar-refractivity contribution in [2.45, 2.75) is 12.8 Å². The molecule has 2 aliphatic rings. The van der Waals surface area contributed by atoms with E-state index in [9.17, 15) is 0 Å². The normalized spacial score (nSPS) is 20.8. The third-order valence-corrected chi connectivity index (χ3v) is 2.25. The Kier molecular flexibility index (Phi) is 2.21. The number of nitrogens with zero attached hydrogens (tertiary/aromatic N) is 1. The van der Waals surface area contributed by atoms with Crippen LogP contribution in [-0.2, 0) is 0 Å². The number of rotatable bonds is 1. The lowest BCUT2D eigenvalue weighted by Gasteiger charge is -2.24. The SMILES string of the molecule is CN1C=CCC=C1C1=CCC=CN1. The highest BCUT2D eigenvalue weighted by Gasteiger charge is 2.10. The predicted octanol–water partition coefficient (Wildman–Crippen LogP) is 2.11. The van der Waals surface area contributed by atoms with E-state index in [1.807, 2.05) is 6.20 Å². The maximum atomic E-state index is 3.26. The summed E-state index contributed by atoms with van der Waals surface area (Å²) in [5.41, 5.74) is 2.49. The number of dihydropyridines is 1. The lowest BCUT2D eigenvalue weighted by atomic mass is 10.1. The first-order valence-electron chi connectivity index (χ1n) is 4.59. The van der Waals surface area contributed by atoms with Crippen molar-refractivity contribution >= 4 is 0 Å². The molecular formula is C11H14N2. The molecule has 2 aliphatic heterocycles. The standard InChI is InChI=1S/C11H14N2/c1-13-9-5-3-7-11(13)10-6-2-4-8-12-10/h4-9,12H,2-3H2,1H3. The Morgan fingerprint density at radius 3 is 2.77 bits per heavy atom. The number of allylic oxidation sites excluding steroid dienone is 4. The van der Waals surface area contributed by atoms with E-state index in [2.05, 4.69) is 47.8 Å². The molecule has 0 saturated heterocycles. The Labute approximate surface area is 78.9 Å². The molecular weight excluding hydrogens is 160 g/mol. The fourth-order valence-corrected chi connectivity index (χ4v) is 1.56. The van der Waals surface area contributed by atoms with Gasteiger partial charge in [-0.1, -0.05) is 24.3 Å². The van der Waals surface area contributed by atoms with E-state index in [-0.39, 0.29) is 0 Å². The number of hydrogen-bond acceptors (Lipinski definition) is 2. The van der Waals surface area contributed by atoms with Crippen LogP contribution in [0.4, 0.5) is 0 Å². The average Bonchev–Trinajstić information content (AvgIpc) is 2.20. The van der Waals surface area contributed by atoms with Crippen LogP contribution in [0.15, 0.2) is 48.1 Å². The molecule has 0 fully saturated rings. The third kappa shape index (κ3) is 1.66. The molecule has 0 aromatic rings. The van der Waals surface area contributed by atoms with Crippen LogP contribution < -0.4 is 5.32 Å². The minimum Gasteiger partial charge on any atom is -0.361 e. The molecule has 0 atom stereocenters. The summed E-state index contributed by atoms with van der Waals surface area (Å²) in [6, 6.07) is 0. The summed E-state index contributed by atoms with van der Waals surface area (Å²) < 4.78 is 0. The van der Waals surface area contributed by atoms with Gasteiger partial charge in [0, 0.05) is 13.2 Å². The average molecular weight is 174 g/mol. The first-order valence-corrected chi connectivity index (χ1v) is 4.59. The maximum Gasteiger partial charge on any atom is 0.0601 e. The summed E-state index contributed by atoms with van der Waals surface area (Å²) in [6.07, 6.45) is 14.9. The topological polar surface area (TPSA) is 15.3 Å². The molecule has 0 bridgehead atoms. The van der Waals surface area contributed by atoms with Gasteiger partial charge in [0.15, 0.2) is 0 Å². The molecule has 0 saturated carbocycles. The molecule has 1 N–H and O–H groups in total. The fraction of sp³-hybridized carbons (Fsp3) is 0.273. The van der Waals surface area contributed by atoms with E-state index < -0.39 is 0 Å². The molecule has 0 aromatic heterocycles. The Balaban J connectivity index is 2.16. The van der Waals surface area contributed by atoms with Gasteiger partial charge in [-0.25, -0.2) is 0 Å². The lowest BCUT2D eigenvalue weighted by molar-refractivity contribution is 0.556. The van der Waals surface area contributed by atoms with Crippen LogP contribution in [-0.4, -0.2) is 11.9 Å². The second kappa shape index (κ2) is 3.52. The molecule has 2 heterocycles. The Morgan fingerprint density at radius 2 is 2.08 bits per heavy atom. The molecule has 0 aliphatic carbocycles. The second-order valence-electron chi connectivity index (χ2n) is 3.22. The Bertz CT molecular complexity index is 308. The number of nitrogens with one attached hydrogen (secondary N) is 1. The van der Waals surface area contributed by atoms with Gasteiger partial charge in [0.05, 0.1) is 11.4 Å². The van der Waals surface area contributed by atoms with Crippen molar-refractivity contribution in [3.05, 3.63) is 48.1 Å². The van der Waals surface area contributed by atoms with E-state index in [0.29, 0.717) is 0 Å². The zero-order valence-electron chi connectivity index (χ0n) is 7.83. The summed E-state index contributed by atoms with van der Waals surface area (Å²) in [5, 5.41) is 3.26. The van der Waals surface area contributed by atoms with Crippen LogP contribution in [0, 0.1) is 0 Å². The van der Waals surface area contributed by atoms with E-state index >= 15 is 0 Å². The summed E-state index contributed by atoms with van der Waals surface area (Å²) in [4.78, 5) is 2.14. The fourth-order valence-electron chi connectivity index (χ4n) is 1.56. The minimum atomic E-state index is 1.03. The van der Waals surface area contributed by atoms with Crippen LogP contribution in [0.3, 0.4) is 0 Å². The van der Waals surface area contributed by atoms with E-state index in [1.165, 1.54) is 11.4 Å². The van der Waals surface area contributed by atoms with Gasteiger partial charge in [-0.05, 0) is 19.0 Å². The lowest BCUT2D eigenvalue weighted by Crippen LogP contribution is -2.21. The van der Waals surface area contributed by atoms with Crippen LogP contribution in [0.5, 0.6) is 0 Å². The van der Waals surface area contributed by atoms with Crippen molar-refractivity contribution in [2.24, 2.45) is 0 Å². The summed E-state index contributed by atoms with van der Waals surface area (Å²) >= 11 is 0. The van der Waals surface area contributed by atoms with Gasteiger partial charge in [-0.3, -0.25) is 0 Å². The van der Waals surface area contributed by atoms with Gasteiger partial charge >= 0.3 is 0 Å². The second-order valence-corrected chi connectivity index (χ2v) is 3.22. The summed E-state index contributed by atoms with van der Waals surface area (Å²) in [6.45, 7) is 0. The predicted molar refractivity (Wildman–Crippen MR) is 54.6 cm³/mol. The number of hydrogen-bond donors (Lipinski definition) is 1. The molecule has 0 spiro atoms. The van der Waals surface area contributed by atoms with Gasteiger partial charge in [0.1, 0.15) is 0 Å². The minimum absolute atomic E-state index is 1.03. The zero-order valence-corrected chi connectivity index (χ0v) is 7.83. The largest absolute Gasteiger partial charge is 0.361 e. The van der Waals surface area contributed by atoms with E-state index in [1.54, 1.807) is 0 Å². The highest BCUT2D eigenvalue weighted by atomic mass is 15.1. The van der Waals surface area contributed by atoms with Gasteiger partial charge in [0.2, 0.25) is 0 Å². The third-order valence-electron chi connectivity index (χ3n) is 2.25. The molecule has 68 valence electrons. The van der Waals surface area contributed by atoms with Crippen molar-refractivity contribution < 1.29 is 0 Å². The van der Waals surface area contributed by atoms with Crippen LogP contribution >= 0.6 is 0 Å². The first-order chi connectivity index (χ1) is 6.38. The van der Waals surface area contributed by atoms with Gasteiger partial charge in [0.25, 0.3) is 0 Å². The Hall–Kier alpha value is -1.44. The van der Waals surface area contributed by atoms with Crippen molar-refractivity contribution in [3.8, 4) is 0 Å². The molecule has 0 amide bonds. The van der Waals surface area contributed by atoms with Crippen LogP contribution in [0.1, 0.15) is 12.8 Å². The highest BCUT2D eigenvalue weighted by Crippen LogP contribution is 2.19. The summed E-state index contributed by atoms with van der Waals surface area (Å²) in [5.74, 6) is 0. The molecule has 0 radical (unpaired) electrons. The molecule has 2 heteroatoms. The molecule has 13 heavy (non-hydrogen) atoms. The smallest absolute Gasteiger partial charge is 0.0601 e. The van der Waals surface area contributed by atoms with Gasteiger partial charge in [-0.15, -0.1) is 0 Å². The molecule has 2 rings (SSSR count). The van der Waals surface area contributed by atoms with Gasteiger partial charge in [-0.2, -0.15) is 0 Å². The van der Waals surface area contributed by atoms with E-state index in [4.69, 9.17) is 0 Å².